The Labute approximate surface area is 101 Å². The van der Waals surface area contributed by atoms with Gasteiger partial charge in [-0.15, -0.1) is 0 Å². The number of rotatable bonds is 5. The standard InChI is InChI=1S/C12H20BrNO/c1-5-12(4,6-2)14-9(3)11-10(13)7-8-15-11/h7-9,14H,5-6H2,1-4H3. The summed E-state index contributed by atoms with van der Waals surface area (Å²) in [6.07, 6.45) is 3.95. The van der Waals surface area contributed by atoms with Gasteiger partial charge in [-0.1, -0.05) is 13.8 Å². The molecule has 0 aliphatic heterocycles. The summed E-state index contributed by atoms with van der Waals surface area (Å²) in [7, 11) is 0. The van der Waals surface area contributed by atoms with Gasteiger partial charge in [-0.3, -0.25) is 0 Å². The van der Waals surface area contributed by atoms with Crippen LogP contribution < -0.4 is 5.32 Å². The quantitative estimate of drug-likeness (QED) is 0.867. The Hall–Kier alpha value is -0.280. The summed E-state index contributed by atoms with van der Waals surface area (Å²) in [4.78, 5) is 0. The van der Waals surface area contributed by atoms with E-state index in [1.807, 2.05) is 6.07 Å². The first-order valence-corrected chi connectivity index (χ1v) is 6.32. The van der Waals surface area contributed by atoms with E-state index in [1.165, 1.54) is 0 Å². The molecule has 0 aliphatic rings. The third-order valence-electron chi connectivity index (χ3n) is 3.16. The highest BCUT2D eigenvalue weighted by atomic mass is 79.9. The van der Waals surface area contributed by atoms with Crippen LogP contribution in [-0.2, 0) is 0 Å². The average Bonchev–Trinajstić information content (AvgIpc) is 2.64. The molecule has 0 saturated carbocycles. The normalized spacial score (nSPS) is 14.2. The van der Waals surface area contributed by atoms with Crippen molar-refractivity contribution in [3.8, 4) is 0 Å². The van der Waals surface area contributed by atoms with E-state index in [0.717, 1.165) is 23.1 Å². The molecule has 0 aromatic carbocycles. The van der Waals surface area contributed by atoms with E-state index in [9.17, 15) is 0 Å². The van der Waals surface area contributed by atoms with Gasteiger partial charge < -0.3 is 9.73 Å². The number of halogens is 1. The molecule has 1 unspecified atom stereocenters. The molecular weight excluding hydrogens is 254 g/mol. The van der Waals surface area contributed by atoms with Gasteiger partial charge in [0.25, 0.3) is 0 Å². The Bertz CT molecular complexity index is 304. The molecular formula is C12H20BrNO. The second-order valence-corrected chi connectivity index (χ2v) is 5.12. The third kappa shape index (κ3) is 3.08. The molecule has 0 radical (unpaired) electrons. The second-order valence-electron chi connectivity index (χ2n) is 4.27. The molecule has 1 rings (SSSR count). The summed E-state index contributed by atoms with van der Waals surface area (Å²) in [5.74, 6) is 0.975. The summed E-state index contributed by atoms with van der Waals surface area (Å²) in [6, 6.07) is 2.17. The van der Waals surface area contributed by atoms with Crippen molar-refractivity contribution < 1.29 is 4.42 Å². The lowest BCUT2D eigenvalue weighted by Crippen LogP contribution is -2.42. The van der Waals surface area contributed by atoms with Crippen LogP contribution in [0.4, 0.5) is 0 Å². The Morgan fingerprint density at radius 2 is 2.07 bits per heavy atom. The van der Waals surface area contributed by atoms with Gasteiger partial charge in [-0.2, -0.15) is 0 Å². The molecule has 1 aromatic heterocycles. The molecule has 0 aliphatic carbocycles. The molecule has 0 saturated heterocycles. The molecule has 0 amide bonds. The monoisotopic (exact) mass is 273 g/mol. The number of nitrogens with one attached hydrogen (secondary N) is 1. The minimum absolute atomic E-state index is 0.186. The van der Waals surface area contributed by atoms with Crippen molar-refractivity contribution in [2.45, 2.75) is 52.1 Å². The SMILES string of the molecule is CCC(C)(CC)NC(C)c1occc1Br. The summed E-state index contributed by atoms with van der Waals surface area (Å²) in [5.41, 5.74) is 0.186. The highest BCUT2D eigenvalue weighted by molar-refractivity contribution is 9.10. The van der Waals surface area contributed by atoms with E-state index >= 15 is 0 Å². The van der Waals surface area contributed by atoms with E-state index in [2.05, 4.69) is 48.9 Å². The molecule has 15 heavy (non-hydrogen) atoms. The molecule has 3 heteroatoms. The molecule has 1 aromatic rings. The molecule has 0 fully saturated rings. The minimum atomic E-state index is 0.186. The molecule has 86 valence electrons. The lowest BCUT2D eigenvalue weighted by atomic mass is 9.94. The zero-order chi connectivity index (χ0) is 11.5. The van der Waals surface area contributed by atoms with Crippen LogP contribution in [0.15, 0.2) is 21.2 Å². The summed E-state index contributed by atoms with van der Waals surface area (Å²) >= 11 is 3.48. The van der Waals surface area contributed by atoms with Crippen LogP contribution in [0, 0.1) is 0 Å². The van der Waals surface area contributed by atoms with Crippen LogP contribution in [-0.4, -0.2) is 5.54 Å². The topological polar surface area (TPSA) is 25.2 Å². The van der Waals surface area contributed by atoms with Crippen LogP contribution >= 0.6 is 15.9 Å². The fourth-order valence-electron chi connectivity index (χ4n) is 1.66. The van der Waals surface area contributed by atoms with Crippen LogP contribution in [0.5, 0.6) is 0 Å². The third-order valence-corrected chi connectivity index (χ3v) is 3.82. The highest BCUT2D eigenvalue weighted by Crippen LogP contribution is 2.27. The van der Waals surface area contributed by atoms with Gasteiger partial charge in [0.2, 0.25) is 0 Å². The van der Waals surface area contributed by atoms with Crippen molar-refractivity contribution in [3.63, 3.8) is 0 Å². The van der Waals surface area contributed by atoms with Crippen LogP contribution in [0.3, 0.4) is 0 Å². The van der Waals surface area contributed by atoms with Gasteiger partial charge in [0.15, 0.2) is 0 Å². The first-order chi connectivity index (χ1) is 7.02. The van der Waals surface area contributed by atoms with Gasteiger partial charge in [-0.05, 0) is 48.7 Å². The van der Waals surface area contributed by atoms with E-state index < -0.39 is 0 Å². The lowest BCUT2D eigenvalue weighted by Gasteiger charge is -2.31. The highest BCUT2D eigenvalue weighted by Gasteiger charge is 2.24. The van der Waals surface area contributed by atoms with Gasteiger partial charge in [0.1, 0.15) is 5.76 Å². The van der Waals surface area contributed by atoms with Gasteiger partial charge in [0, 0.05) is 5.54 Å². The van der Waals surface area contributed by atoms with Crippen molar-refractivity contribution in [2.24, 2.45) is 0 Å². The summed E-state index contributed by atoms with van der Waals surface area (Å²) < 4.78 is 6.49. The molecule has 1 N–H and O–H groups in total. The number of hydrogen-bond acceptors (Lipinski definition) is 2. The lowest BCUT2D eigenvalue weighted by molar-refractivity contribution is 0.278. The maximum Gasteiger partial charge on any atom is 0.134 e. The predicted molar refractivity (Wildman–Crippen MR) is 66.9 cm³/mol. The van der Waals surface area contributed by atoms with E-state index in [1.54, 1.807) is 6.26 Å². The smallest absolute Gasteiger partial charge is 0.134 e. The second kappa shape index (κ2) is 5.17. The van der Waals surface area contributed by atoms with Crippen molar-refractivity contribution in [3.05, 3.63) is 22.6 Å². The maximum atomic E-state index is 5.45. The number of furan rings is 1. The van der Waals surface area contributed by atoms with E-state index in [4.69, 9.17) is 4.42 Å². The Morgan fingerprint density at radius 3 is 2.47 bits per heavy atom. The average molecular weight is 274 g/mol. The molecule has 2 nitrogen and oxygen atoms in total. The predicted octanol–water partition coefficient (Wildman–Crippen LogP) is 4.27. The fraction of sp³-hybridized carbons (Fsp3) is 0.667. The van der Waals surface area contributed by atoms with E-state index in [0.29, 0.717) is 0 Å². The van der Waals surface area contributed by atoms with E-state index in [-0.39, 0.29) is 11.6 Å². The Kier molecular flexibility index (Phi) is 4.41. The van der Waals surface area contributed by atoms with Crippen molar-refractivity contribution in [1.29, 1.82) is 0 Å². The van der Waals surface area contributed by atoms with Crippen molar-refractivity contribution in [1.82, 2.24) is 5.32 Å². The molecule has 1 heterocycles. The van der Waals surface area contributed by atoms with Crippen LogP contribution in [0.25, 0.3) is 0 Å². The maximum absolute atomic E-state index is 5.45. The van der Waals surface area contributed by atoms with Crippen LogP contribution in [0.2, 0.25) is 0 Å². The van der Waals surface area contributed by atoms with Gasteiger partial charge >= 0.3 is 0 Å². The number of hydrogen-bond donors (Lipinski definition) is 1. The first kappa shape index (κ1) is 12.8. The fourth-order valence-corrected chi connectivity index (χ4v) is 2.20. The summed E-state index contributed by atoms with van der Waals surface area (Å²) in [6.45, 7) is 8.80. The zero-order valence-corrected chi connectivity index (χ0v) is 11.5. The Morgan fingerprint density at radius 1 is 1.47 bits per heavy atom. The first-order valence-electron chi connectivity index (χ1n) is 5.53. The largest absolute Gasteiger partial charge is 0.466 e. The molecule has 1 atom stereocenters. The van der Waals surface area contributed by atoms with Gasteiger partial charge in [0.05, 0.1) is 16.8 Å². The van der Waals surface area contributed by atoms with Crippen LogP contribution in [0.1, 0.15) is 52.3 Å². The molecule has 0 bridgehead atoms. The Balaban J connectivity index is 2.71. The summed E-state index contributed by atoms with van der Waals surface area (Å²) in [5, 5.41) is 3.61. The van der Waals surface area contributed by atoms with Gasteiger partial charge in [-0.25, -0.2) is 0 Å². The van der Waals surface area contributed by atoms with Crippen molar-refractivity contribution >= 4 is 15.9 Å². The zero-order valence-electron chi connectivity index (χ0n) is 9.93. The minimum Gasteiger partial charge on any atom is -0.466 e. The van der Waals surface area contributed by atoms with Crippen molar-refractivity contribution in [2.75, 3.05) is 0 Å². The molecule has 0 spiro atoms.